The van der Waals surface area contributed by atoms with E-state index in [2.05, 4.69) is 5.32 Å². The largest absolute Gasteiger partial charge is 0.296 e. The molecule has 1 aromatic rings. The fraction of sp³-hybridized carbons (Fsp3) is 0.286. The molecule has 5 nitrogen and oxygen atoms in total. The third-order valence-corrected chi connectivity index (χ3v) is 3.12. The minimum absolute atomic E-state index is 0.0883. The number of hydrogen-bond acceptors (Lipinski definition) is 4. The number of nitrogens with one attached hydrogen (secondary N) is 1. The lowest BCUT2D eigenvalue weighted by Crippen LogP contribution is -2.41. The molecule has 5 heteroatoms. The van der Waals surface area contributed by atoms with E-state index in [1.54, 1.807) is 24.3 Å². The summed E-state index contributed by atoms with van der Waals surface area (Å²) in [5.41, 5.74) is 0.959. The molecule has 0 spiro atoms. The van der Waals surface area contributed by atoms with Crippen LogP contribution in [0, 0.1) is 17.2 Å². The van der Waals surface area contributed by atoms with Crippen LogP contribution in [-0.2, 0) is 9.59 Å². The van der Waals surface area contributed by atoms with Crippen molar-refractivity contribution >= 4 is 17.6 Å². The van der Waals surface area contributed by atoms with Crippen molar-refractivity contribution in [3.63, 3.8) is 0 Å². The quantitative estimate of drug-likeness (QED) is 0.650. The number of nitriles is 1. The van der Waals surface area contributed by atoms with E-state index in [0.29, 0.717) is 17.5 Å². The fourth-order valence-corrected chi connectivity index (χ4v) is 2.01. The molecule has 1 aliphatic heterocycles. The molecule has 1 aliphatic rings. The zero-order valence-electron chi connectivity index (χ0n) is 10.2. The molecular weight excluding hydrogens is 244 g/mol. The number of piperidine rings is 1. The van der Waals surface area contributed by atoms with Crippen LogP contribution in [0.4, 0.5) is 0 Å². The van der Waals surface area contributed by atoms with Crippen LogP contribution in [0.5, 0.6) is 0 Å². The molecule has 1 saturated heterocycles. The summed E-state index contributed by atoms with van der Waals surface area (Å²) in [5.74, 6) is -1.26. The molecule has 2 rings (SSSR count). The van der Waals surface area contributed by atoms with Gasteiger partial charge in [-0.05, 0) is 18.6 Å². The van der Waals surface area contributed by atoms with Gasteiger partial charge in [0.05, 0.1) is 11.6 Å². The first-order chi connectivity index (χ1) is 9.10. The molecule has 0 aliphatic carbocycles. The van der Waals surface area contributed by atoms with Crippen LogP contribution in [-0.4, -0.2) is 17.6 Å². The van der Waals surface area contributed by atoms with Gasteiger partial charge in [-0.15, -0.1) is 0 Å². The van der Waals surface area contributed by atoms with Crippen molar-refractivity contribution in [3.05, 3.63) is 35.4 Å². The van der Waals surface area contributed by atoms with Gasteiger partial charge in [-0.25, -0.2) is 0 Å². The van der Waals surface area contributed by atoms with E-state index >= 15 is 0 Å². The Labute approximate surface area is 110 Å². The summed E-state index contributed by atoms with van der Waals surface area (Å²) >= 11 is 0. The molecule has 1 heterocycles. The molecule has 0 bridgehead atoms. The van der Waals surface area contributed by atoms with E-state index < -0.39 is 5.92 Å². The molecule has 0 saturated carbocycles. The summed E-state index contributed by atoms with van der Waals surface area (Å²) in [7, 11) is 0. The van der Waals surface area contributed by atoms with Gasteiger partial charge in [-0.3, -0.25) is 19.7 Å². The molecule has 1 fully saturated rings. The lowest BCUT2D eigenvalue weighted by atomic mass is 9.91. The number of imide groups is 1. The lowest BCUT2D eigenvalue weighted by molar-refractivity contribution is -0.136. The lowest BCUT2D eigenvalue weighted by Gasteiger charge is -2.19. The Bertz CT molecular complexity index is 569. The standard InChI is InChI=1S/C14H12N2O3/c15-8-9-1-3-10(4-2-9)12(17)7-11-5-6-13(18)16-14(11)19/h1-4,11H,5-7H2,(H,16,18,19). The highest BCUT2D eigenvalue weighted by atomic mass is 16.2. The van der Waals surface area contributed by atoms with Gasteiger partial charge in [-0.2, -0.15) is 5.26 Å². The normalized spacial score (nSPS) is 18.6. The Morgan fingerprint density at radius 3 is 2.58 bits per heavy atom. The number of Topliss-reactive ketones (excluding diaryl/α,β-unsaturated/α-hetero) is 1. The summed E-state index contributed by atoms with van der Waals surface area (Å²) in [6.07, 6.45) is 0.773. The van der Waals surface area contributed by atoms with Gasteiger partial charge in [0.15, 0.2) is 5.78 Å². The monoisotopic (exact) mass is 256 g/mol. The van der Waals surface area contributed by atoms with Crippen LogP contribution in [0.25, 0.3) is 0 Å². The van der Waals surface area contributed by atoms with Gasteiger partial charge in [-0.1, -0.05) is 12.1 Å². The van der Waals surface area contributed by atoms with Crippen LogP contribution < -0.4 is 5.32 Å². The average Bonchev–Trinajstić information content (AvgIpc) is 2.42. The predicted molar refractivity (Wildman–Crippen MR) is 66.0 cm³/mol. The van der Waals surface area contributed by atoms with Crippen molar-refractivity contribution in [3.8, 4) is 6.07 Å². The van der Waals surface area contributed by atoms with Crippen molar-refractivity contribution in [2.75, 3.05) is 0 Å². The van der Waals surface area contributed by atoms with Gasteiger partial charge in [0, 0.05) is 24.3 Å². The summed E-state index contributed by atoms with van der Waals surface area (Å²) in [5, 5.41) is 10.9. The number of benzene rings is 1. The number of amides is 2. The van der Waals surface area contributed by atoms with Crippen molar-refractivity contribution < 1.29 is 14.4 Å². The number of rotatable bonds is 3. The van der Waals surface area contributed by atoms with Crippen LogP contribution in [0.2, 0.25) is 0 Å². The third kappa shape index (κ3) is 3.05. The molecule has 0 radical (unpaired) electrons. The number of ketones is 1. The van der Waals surface area contributed by atoms with Gasteiger partial charge in [0.2, 0.25) is 11.8 Å². The van der Waals surface area contributed by atoms with E-state index in [4.69, 9.17) is 5.26 Å². The SMILES string of the molecule is N#Cc1ccc(C(=O)CC2CCC(=O)NC2=O)cc1. The van der Waals surface area contributed by atoms with Crippen LogP contribution >= 0.6 is 0 Å². The Morgan fingerprint density at radius 1 is 1.32 bits per heavy atom. The van der Waals surface area contributed by atoms with Gasteiger partial charge < -0.3 is 0 Å². The zero-order valence-corrected chi connectivity index (χ0v) is 10.2. The van der Waals surface area contributed by atoms with Crippen LogP contribution in [0.1, 0.15) is 35.2 Å². The molecule has 2 amide bonds. The molecule has 96 valence electrons. The second-order valence-electron chi connectivity index (χ2n) is 4.46. The van der Waals surface area contributed by atoms with Crippen LogP contribution in [0.15, 0.2) is 24.3 Å². The highest BCUT2D eigenvalue weighted by Crippen LogP contribution is 2.19. The summed E-state index contributed by atoms with van der Waals surface area (Å²) in [6.45, 7) is 0. The van der Waals surface area contributed by atoms with Crippen LogP contribution in [0.3, 0.4) is 0 Å². The van der Waals surface area contributed by atoms with Gasteiger partial charge in [0.25, 0.3) is 0 Å². The highest BCUT2D eigenvalue weighted by Gasteiger charge is 2.28. The van der Waals surface area contributed by atoms with Gasteiger partial charge >= 0.3 is 0 Å². The number of nitrogens with zero attached hydrogens (tertiary/aromatic N) is 1. The third-order valence-electron chi connectivity index (χ3n) is 3.12. The summed E-state index contributed by atoms with van der Waals surface area (Å²) in [6, 6.07) is 8.26. The van der Waals surface area contributed by atoms with Crippen molar-refractivity contribution in [1.29, 1.82) is 5.26 Å². The maximum Gasteiger partial charge on any atom is 0.230 e. The Morgan fingerprint density at radius 2 is 2.00 bits per heavy atom. The maximum atomic E-state index is 12.0. The van der Waals surface area contributed by atoms with Gasteiger partial charge in [0.1, 0.15) is 0 Å². The molecule has 1 unspecified atom stereocenters. The zero-order chi connectivity index (χ0) is 13.8. The van der Waals surface area contributed by atoms with E-state index in [9.17, 15) is 14.4 Å². The summed E-state index contributed by atoms with van der Waals surface area (Å²) in [4.78, 5) is 34.5. The number of carbonyl (C=O) groups excluding carboxylic acids is 3. The molecule has 1 N–H and O–H groups in total. The fourth-order valence-electron chi connectivity index (χ4n) is 2.01. The Balaban J connectivity index is 2.02. The van der Waals surface area contributed by atoms with E-state index in [-0.39, 0.29) is 30.4 Å². The first-order valence-electron chi connectivity index (χ1n) is 5.97. The van der Waals surface area contributed by atoms with E-state index in [1.807, 2.05) is 6.07 Å². The first-order valence-corrected chi connectivity index (χ1v) is 5.97. The van der Waals surface area contributed by atoms with E-state index in [1.165, 1.54) is 0 Å². The average molecular weight is 256 g/mol. The van der Waals surface area contributed by atoms with Crippen molar-refractivity contribution in [2.45, 2.75) is 19.3 Å². The van der Waals surface area contributed by atoms with E-state index in [0.717, 1.165) is 0 Å². The number of carbonyl (C=O) groups is 3. The smallest absolute Gasteiger partial charge is 0.230 e. The second kappa shape index (κ2) is 5.44. The summed E-state index contributed by atoms with van der Waals surface area (Å²) < 4.78 is 0. The minimum atomic E-state index is -0.444. The maximum absolute atomic E-state index is 12.0. The molecule has 1 atom stereocenters. The number of hydrogen-bond donors (Lipinski definition) is 1. The van der Waals surface area contributed by atoms with Crippen molar-refractivity contribution in [1.82, 2.24) is 5.32 Å². The first kappa shape index (κ1) is 13.0. The molecular formula is C14H12N2O3. The highest BCUT2D eigenvalue weighted by molar-refractivity contribution is 6.03. The Kier molecular flexibility index (Phi) is 3.71. The predicted octanol–water partition coefficient (Wildman–Crippen LogP) is 1.18. The Hall–Kier alpha value is -2.48. The topological polar surface area (TPSA) is 87.0 Å². The minimum Gasteiger partial charge on any atom is -0.296 e. The van der Waals surface area contributed by atoms with Crippen molar-refractivity contribution in [2.24, 2.45) is 5.92 Å². The molecule has 19 heavy (non-hydrogen) atoms. The second-order valence-corrected chi connectivity index (χ2v) is 4.46. The molecule has 0 aromatic heterocycles. The molecule has 1 aromatic carbocycles.